The van der Waals surface area contributed by atoms with E-state index in [-0.39, 0.29) is 5.92 Å². The number of hydrogen-bond acceptors (Lipinski definition) is 1. The van der Waals surface area contributed by atoms with Crippen molar-refractivity contribution in [1.82, 2.24) is 9.88 Å². The molecule has 1 unspecified atom stereocenters. The lowest BCUT2D eigenvalue weighted by molar-refractivity contribution is 0.322. The highest BCUT2D eigenvalue weighted by molar-refractivity contribution is 6.34. The fourth-order valence-corrected chi connectivity index (χ4v) is 6.91. The van der Waals surface area contributed by atoms with Crippen LogP contribution in [-0.4, -0.2) is 17.2 Å². The lowest BCUT2D eigenvalue weighted by atomic mass is 9.88. The molecule has 1 N–H and O–H groups in total. The van der Waals surface area contributed by atoms with Crippen molar-refractivity contribution in [2.45, 2.75) is 89.1 Å². The van der Waals surface area contributed by atoms with Gasteiger partial charge >= 0.3 is 0 Å². The van der Waals surface area contributed by atoms with Crippen LogP contribution < -0.4 is 5.32 Å². The van der Waals surface area contributed by atoms with Gasteiger partial charge in [-0.1, -0.05) is 79.9 Å². The van der Waals surface area contributed by atoms with Crippen LogP contribution in [-0.2, 0) is 6.54 Å². The summed E-state index contributed by atoms with van der Waals surface area (Å²) in [5.74, 6) is 1.06. The lowest BCUT2D eigenvalue weighted by Crippen LogP contribution is -2.32. The molecule has 0 aliphatic heterocycles. The Hall–Kier alpha value is -1.48. The second-order valence-corrected chi connectivity index (χ2v) is 11.5. The summed E-state index contributed by atoms with van der Waals surface area (Å²) in [5, 5.41) is 6.68. The van der Waals surface area contributed by atoms with Crippen LogP contribution in [0.2, 0.25) is 10.0 Å². The standard InChI is InChI=1S/C30H38Cl2N2/c31-24-17-23(18-25(32)19-24)27(15-16-33-26-11-5-2-6-12-26)29-21-34(20-22-9-3-1-4-10-22)30-14-8-7-13-28(29)30/h7-8,13-14,17-19,21-22,26-27,33H,1-6,9-12,15-16,20H2. The predicted octanol–water partition coefficient (Wildman–Crippen LogP) is 8.97. The summed E-state index contributed by atoms with van der Waals surface area (Å²) in [7, 11) is 0. The van der Waals surface area contributed by atoms with Crippen molar-refractivity contribution in [3.63, 3.8) is 0 Å². The van der Waals surface area contributed by atoms with E-state index in [1.807, 2.05) is 6.07 Å². The molecule has 0 bridgehead atoms. The second kappa shape index (κ2) is 11.5. The van der Waals surface area contributed by atoms with E-state index in [0.29, 0.717) is 6.04 Å². The van der Waals surface area contributed by atoms with E-state index < -0.39 is 0 Å². The summed E-state index contributed by atoms with van der Waals surface area (Å²) in [6, 6.07) is 15.7. The number of halogens is 2. The van der Waals surface area contributed by atoms with Gasteiger partial charge in [0.15, 0.2) is 0 Å². The van der Waals surface area contributed by atoms with Crippen LogP contribution in [0, 0.1) is 5.92 Å². The summed E-state index contributed by atoms with van der Waals surface area (Å²) in [6.45, 7) is 2.14. The minimum absolute atomic E-state index is 0.268. The highest BCUT2D eigenvalue weighted by atomic mass is 35.5. The van der Waals surface area contributed by atoms with Gasteiger partial charge in [0.2, 0.25) is 0 Å². The van der Waals surface area contributed by atoms with Crippen molar-refractivity contribution in [2.24, 2.45) is 5.92 Å². The van der Waals surface area contributed by atoms with Crippen LogP contribution in [0.5, 0.6) is 0 Å². The summed E-state index contributed by atoms with van der Waals surface area (Å²) in [5.41, 5.74) is 4.00. The van der Waals surface area contributed by atoms with Crippen molar-refractivity contribution in [1.29, 1.82) is 0 Å². The van der Waals surface area contributed by atoms with Crippen molar-refractivity contribution < 1.29 is 0 Å². The molecule has 3 aromatic rings. The minimum atomic E-state index is 0.268. The van der Waals surface area contributed by atoms with E-state index in [2.05, 4.69) is 52.5 Å². The number of aromatic nitrogens is 1. The molecule has 0 radical (unpaired) electrons. The topological polar surface area (TPSA) is 17.0 Å². The van der Waals surface area contributed by atoms with E-state index in [1.54, 1.807) is 0 Å². The first-order chi connectivity index (χ1) is 16.7. The smallest absolute Gasteiger partial charge is 0.0483 e. The molecular weight excluding hydrogens is 459 g/mol. The van der Waals surface area contributed by atoms with Crippen molar-refractivity contribution in [3.05, 3.63) is 69.8 Å². The Bertz CT molecular complexity index is 1060. The first-order valence-electron chi connectivity index (χ1n) is 13.4. The monoisotopic (exact) mass is 496 g/mol. The normalized spacial score (nSPS) is 19.0. The molecule has 1 heterocycles. The number of nitrogens with one attached hydrogen (secondary N) is 1. The van der Waals surface area contributed by atoms with Crippen molar-refractivity contribution in [2.75, 3.05) is 6.54 Å². The van der Waals surface area contributed by atoms with Gasteiger partial charge in [0.1, 0.15) is 0 Å². The Morgan fingerprint density at radius 2 is 1.53 bits per heavy atom. The zero-order valence-corrected chi connectivity index (χ0v) is 21.8. The fourth-order valence-electron chi connectivity index (χ4n) is 6.37. The zero-order valence-electron chi connectivity index (χ0n) is 20.2. The Kier molecular flexibility index (Phi) is 8.20. The number of para-hydroxylation sites is 1. The van der Waals surface area contributed by atoms with Gasteiger partial charge in [-0.2, -0.15) is 0 Å². The van der Waals surface area contributed by atoms with Crippen LogP contribution in [0.3, 0.4) is 0 Å². The average Bonchev–Trinajstić information content (AvgIpc) is 3.20. The first-order valence-corrected chi connectivity index (χ1v) is 14.2. The molecule has 4 heteroatoms. The molecule has 2 aliphatic carbocycles. The van der Waals surface area contributed by atoms with Gasteiger partial charge in [0.25, 0.3) is 0 Å². The SMILES string of the molecule is Clc1cc(Cl)cc(C(CCNC2CCCCC2)c2cn(CC3CCCCC3)c3ccccc23)c1. The van der Waals surface area contributed by atoms with E-state index in [9.17, 15) is 0 Å². The molecule has 0 saturated heterocycles. The maximum absolute atomic E-state index is 6.48. The summed E-state index contributed by atoms with van der Waals surface area (Å²) in [6.07, 6.45) is 17.1. The third-order valence-corrected chi connectivity index (χ3v) is 8.57. The third kappa shape index (κ3) is 5.83. The fraction of sp³-hybridized carbons (Fsp3) is 0.533. The highest BCUT2D eigenvalue weighted by Gasteiger charge is 2.23. The molecule has 34 heavy (non-hydrogen) atoms. The van der Waals surface area contributed by atoms with E-state index in [0.717, 1.165) is 35.5 Å². The maximum atomic E-state index is 6.48. The second-order valence-electron chi connectivity index (χ2n) is 10.6. The molecule has 0 spiro atoms. The summed E-state index contributed by atoms with van der Waals surface area (Å²) >= 11 is 13.0. The van der Waals surface area contributed by atoms with E-state index >= 15 is 0 Å². The Morgan fingerprint density at radius 1 is 0.853 bits per heavy atom. The quantitative estimate of drug-likeness (QED) is 0.329. The van der Waals surface area contributed by atoms with Crippen LogP contribution in [0.25, 0.3) is 10.9 Å². The van der Waals surface area contributed by atoms with Crippen molar-refractivity contribution >= 4 is 34.1 Å². The third-order valence-electron chi connectivity index (χ3n) is 8.13. The maximum Gasteiger partial charge on any atom is 0.0483 e. The van der Waals surface area contributed by atoms with Gasteiger partial charge in [0.05, 0.1) is 0 Å². The molecule has 5 rings (SSSR count). The number of rotatable bonds is 8. The largest absolute Gasteiger partial charge is 0.347 e. The van der Waals surface area contributed by atoms with Gasteiger partial charge in [0, 0.05) is 45.6 Å². The summed E-state index contributed by atoms with van der Waals surface area (Å²) < 4.78 is 2.54. The molecule has 0 amide bonds. The van der Waals surface area contributed by atoms with E-state index in [1.165, 1.54) is 86.2 Å². The van der Waals surface area contributed by atoms with E-state index in [4.69, 9.17) is 23.2 Å². The number of hydrogen-bond donors (Lipinski definition) is 1. The summed E-state index contributed by atoms with van der Waals surface area (Å²) in [4.78, 5) is 0. The first kappa shape index (κ1) is 24.2. The van der Waals surface area contributed by atoms with Gasteiger partial charge in [-0.3, -0.25) is 0 Å². The molecule has 182 valence electrons. The van der Waals surface area contributed by atoms with Gasteiger partial charge in [-0.05, 0) is 80.0 Å². The Labute approximate surface area is 215 Å². The van der Waals surface area contributed by atoms with Crippen LogP contribution >= 0.6 is 23.2 Å². The molecule has 1 atom stereocenters. The number of nitrogens with zero attached hydrogens (tertiary/aromatic N) is 1. The number of benzene rings is 2. The van der Waals surface area contributed by atoms with Gasteiger partial charge in [-0.25, -0.2) is 0 Å². The molecule has 2 nitrogen and oxygen atoms in total. The Balaban J connectivity index is 1.46. The molecule has 2 fully saturated rings. The van der Waals surface area contributed by atoms with Crippen molar-refractivity contribution in [3.8, 4) is 0 Å². The lowest BCUT2D eigenvalue weighted by Gasteiger charge is -2.25. The Morgan fingerprint density at radius 3 is 2.26 bits per heavy atom. The number of fused-ring (bicyclic) bond motifs is 1. The van der Waals surface area contributed by atoms with Crippen LogP contribution in [0.1, 0.15) is 87.7 Å². The molecule has 2 aromatic carbocycles. The molecule has 2 aliphatic rings. The van der Waals surface area contributed by atoms with Gasteiger partial charge in [-0.15, -0.1) is 0 Å². The molecule has 2 saturated carbocycles. The zero-order chi connectivity index (χ0) is 23.3. The van der Waals surface area contributed by atoms with Gasteiger partial charge < -0.3 is 9.88 Å². The molecule has 1 aromatic heterocycles. The average molecular weight is 498 g/mol. The van der Waals surface area contributed by atoms with Crippen LogP contribution in [0.4, 0.5) is 0 Å². The molecular formula is C30H38Cl2N2. The predicted molar refractivity (Wildman–Crippen MR) is 146 cm³/mol. The highest BCUT2D eigenvalue weighted by Crippen LogP contribution is 2.38. The van der Waals surface area contributed by atoms with Crippen LogP contribution in [0.15, 0.2) is 48.7 Å². The minimum Gasteiger partial charge on any atom is -0.347 e.